The van der Waals surface area contributed by atoms with Gasteiger partial charge in [-0.15, -0.1) is 0 Å². The maximum atomic E-state index is 5.83. The lowest BCUT2D eigenvalue weighted by Gasteiger charge is -2.15. The molecule has 15 aromatic rings. The minimum atomic E-state index is 0.826. The van der Waals surface area contributed by atoms with E-state index in [2.05, 4.69) is 312 Å². The van der Waals surface area contributed by atoms with Gasteiger partial charge < -0.3 is 0 Å². The minimum absolute atomic E-state index is 0.826. The number of hydrogen-bond donors (Lipinski definition) is 0. The Morgan fingerprint density at radius 3 is 0.700 bits per heavy atom. The molecule has 0 saturated heterocycles. The molecule has 4 heterocycles. The van der Waals surface area contributed by atoms with E-state index in [1.807, 2.05) is 0 Å². The van der Waals surface area contributed by atoms with Crippen molar-refractivity contribution in [1.29, 1.82) is 0 Å². The third kappa shape index (κ3) is 8.44. The summed E-state index contributed by atoms with van der Waals surface area (Å²) >= 11 is 0. The first-order chi connectivity index (χ1) is 39.6. The monoisotopic (exact) mass is 1020 g/mol. The van der Waals surface area contributed by atoms with Gasteiger partial charge in [-0.05, 0) is 140 Å². The highest BCUT2D eigenvalue weighted by Gasteiger charge is 2.21. The van der Waals surface area contributed by atoms with Gasteiger partial charge in [-0.25, -0.2) is 9.97 Å². The largest absolute Gasteiger partial charge is 0.294 e. The van der Waals surface area contributed by atoms with Crippen LogP contribution in [0, 0.1) is 0 Å². The van der Waals surface area contributed by atoms with E-state index in [4.69, 9.17) is 9.97 Å². The third-order valence-electron chi connectivity index (χ3n) is 15.7. The van der Waals surface area contributed by atoms with Crippen LogP contribution < -0.4 is 0 Å². The molecule has 0 fully saturated rings. The summed E-state index contributed by atoms with van der Waals surface area (Å²) in [6, 6.07) is 109. The molecule has 4 heteroatoms. The topological polar surface area (TPSA) is 35.6 Å². The van der Waals surface area contributed by atoms with Crippen molar-refractivity contribution < 1.29 is 0 Å². The molecule has 0 aliphatic carbocycles. The van der Waals surface area contributed by atoms with Crippen molar-refractivity contribution in [3.8, 4) is 101 Å². The molecule has 0 aliphatic rings. The summed E-state index contributed by atoms with van der Waals surface area (Å²) in [6.07, 6.45) is 0. The Bertz CT molecular complexity index is 4290. The first kappa shape index (κ1) is 46.6. The molecule has 0 spiro atoms. The Hall–Kier alpha value is -10.7. The number of rotatable bonds is 10. The molecule has 374 valence electrons. The molecule has 0 bridgehead atoms. The van der Waals surface area contributed by atoms with Crippen molar-refractivity contribution >= 4 is 43.6 Å². The Morgan fingerprint density at radius 2 is 0.412 bits per heavy atom. The van der Waals surface area contributed by atoms with Crippen molar-refractivity contribution in [3.63, 3.8) is 0 Å². The van der Waals surface area contributed by atoms with Gasteiger partial charge in [0.05, 0.1) is 33.5 Å². The molecule has 4 nitrogen and oxygen atoms in total. The molecule has 0 amide bonds. The van der Waals surface area contributed by atoms with Gasteiger partial charge in [-0.1, -0.05) is 231 Å². The third-order valence-corrected chi connectivity index (χ3v) is 15.7. The second-order valence-electron chi connectivity index (χ2n) is 20.6. The summed E-state index contributed by atoms with van der Waals surface area (Å²) in [5.41, 5.74) is 22.1. The molecule has 0 saturated carbocycles. The molecular weight excluding hydrogens is 969 g/mol. The molecule has 4 aromatic heterocycles. The number of hydrogen-bond acceptors (Lipinski definition) is 2. The van der Waals surface area contributed by atoms with Crippen LogP contribution in [0.2, 0.25) is 0 Å². The summed E-state index contributed by atoms with van der Waals surface area (Å²) in [7, 11) is 0. The van der Waals surface area contributed by atoms with E-state index in [1.165, 1.54) is 44.5 Å². The molecule has 80 heavy (non-hydrogen) atoms. The van der Waals surface area contributed by atoms with Crippen molar-refractivity contribution in [3.05, 3.63) is 303 Å². The van der Waals surface area contributed by atoms with Gasteiger partial charge >= 0.3 is 0 Å². The normalized spacial score (nSPS) is 11.5. The van der Waals surface area contributed by atoms with Crippen molar-refractivity contribution in [2.75, 3.05) is 0 Å². The van der Waals surface area contributed by atoms with Crippen molar-refractivity contribution in [2.24, 2.45) is 0 Å². The number of benzene rings is 11. The zero-order chi connectivity index (χ0) is 52.9. The second-order valence-corrected chi connectivity index (χ2v) is 20.6. The lowest BCUT2D eigenvalue weighted by molar-refractivity contribution is 1.01. The number of nitrogens with zero attached hydrogens (tertiary/aromatic N) is 4. The fourth-order valence-corrected chi connectivity index (χ4v) is 11.7. The molecule has 0 N–H and O–H groups in total. The van der Waals surface area contributed by atoms with E-state index in [0.717, 1.165) is 100 Å². The van der Waals surface area contributed by atoms with Crippen LogP contribution in [-0.2, 0) is 0 Å². The van der Waals surface area contributed by atoms with E-state index >= 15 is 0 Å². The van der Waals surface area contributed by atoms with Gasteiger partial charge in [-0.3, -0.25) is 9.13 Å². The van der Waals surface area contributed by atoms with Gasteiger partial charge in [-0.2, -0.15) is 0 Å². The fraction of sp³-hybridized carbons (Fsp3) is 0. The lowest BCUT2D eigenvalue weighted by atomic mass is 9.97. The van der Waals surface area contributed by atoms with Crippen LogP contribution in [0.3, 0.4) is 0 Å². The summed E-state index contributed by atoms with van der Waals surface area (Å²) in [4.78, 5) is 11.0. The molecule has 15 rings (SSSR count). The zero-order valence-electron chi connectivity index (χ0n) is 43.7. The van der Waals surface area contributed by atoms with Gasteiger partial charge in [0.2, 0.25) is 0 Å². The van der Waals surface area contributed by atoms with Crippen LogP contribution in [0.1, 0.15) is 0 Å². The van der Waals surface area contributed by atoms with Gasteiger partial charge in [0.25, 0.3) is 0 Å². The van der Waals surface area contributed by atoms with Crippen LogP contribution in [0.4, 0.5) is 0 Å². The highest BCUT2D eigenvalue weighted by molar-refractivity contribution is 6.13. The van der Waals surface area contributed by atoms with Crippen LogP contribution in [-0.4, -0.2) is 19.1 Å². The summed E-state index contributed by atoms with van der Waals surface area (Å²) in [5.74, 6) is 1.65. The smallest absolute Gasteiger partial charge is 0.140 e. The molecule has 0 aliphatic heterocycles. The summed E-state index contributed by atoms with van der Waals surface area (Å²) in [5, 5.41) is 4.66. The zero-order valence-corrected chi connectivity index (χ0v) is 43.7. The highest BCUT2D eigenvalue weighted by Crippen LogP contribution is 2.42. The Morgan fingerprint density at radius 1 is 0.175 bits per heavy atom. The summed E-state index contributed by atoms with van der Waals surface area (Å²) in [6.45, 7) is 0. The SMILES string of the molecule is c1ccc(-c2ccc3c(c2)c2cc(-c4ccccc4)ccc2n3-c2cc(-c3ccc(-c4cc(-c5ccccc5)nc(-c5ccccc5)c4)cc3)cc(-n3c4ccc(-c5ccccc5)cc4c4cc(-c5ccccc5)ccc43)n2)cc1. The van der Waals surface area contributed by atoms with Crippen LogP contribution in [0.5, 0.6) is 0 Å². The first-order valence-electron chi connectivity index (χ1n) is 27.3. The standard InChI is InChI=1S/C76H50N4/c1-7-19-51(20-8-1)59-35-39-71-65(43-59)66-44-60(52-21-9-2-10-22-52)36-40-72(66)79(71)75-49-64(56-33-31-55(32-34-56)63-47-69(57-27-15-5-16-28-57)77-70(48-63)58-29-17-6-18-30-58)50-76(78-75)80-73-41-37-61(53-23-11-3-12-24-53)45-67(73)68-46-62(38-42-74(68)80)54-25-13-4-14-26-54/h1-50H. The van der Waals surface area contributed by atoms with E-state index in [9.17, 15) is 0 Å². The summed E-state index contributed by atoms with van der Waals surface area (Å²) < 4.78 is 4.75. The van der Waals surface area contributed by atoms with Crippen LogP contribution in [0.15, 0.2) is 303 Å². The molecular formula is C76H50N4. The molecule has 11 aromatic carbocycles. The number of pyridine rings is 2. The van der Waals surface area contributed by atoms with Gasteiger partial charge in [0.1, 0.15) is 11.6 Å². The minimum Gasteiger partial charge on any atom is -0.294 e. The van der Waals surface area contributed by atoms with Crippen LogP contribution >= 0.6 is 0 Å². The van der Waals surface area contributed by atoms with Crippen molar-refractivity contribution in [1.82, 2.24) is 19.1 Å². The fourth-order valence-electron chi connectivity index (χ4n) is 11.7. The van der Waals surface area contributed by atoms with Crippen LogP contribution in [0.25, 0.3) is 145 Å². The number of aromatic nitrogens is 4. The van der Waals surface area contributed by atoms with E-state index < -0.39 is 0 Å². The van der Waals surface area contributed by atoms with Gasteiger partial charge in [0, 0.05) is 32.7 Å². The number of fused-ring (bicyclic) bond motifs is 6. The van der Waals surface area contributed by atoms with E-state index in [-0.39, 0.29) is 0 Å². The average molecular weight is 1020 g/mol. The molecule has 0 unspecified atom stereocenters. The van der Waals surface area contributed by atoms with Crippen molar-refractivity contribution in [2.45, 2.75) is 0 Å². The van der Waals surface area contributed by atoms with E-state index in [1.54, 1.807) is 0 Å². The van der Waals surface area contributed by atoms with Gasteiger partial charge in [0.15, 0.2) is 0 Å². The maximum absolute atomic E-state index is 5.83. The highest BCUT2D eigenvalue weighted by atomic mass is 15.1. The Labute approximate surface area is 464 Å². The predicted molar refractivity (Wildman–Crippen MR) is 334 cm³/mol. The molecule has 0 radical (unpaired) electrons. The molecule has 0 atom stereocenters. The quantitative estimate of drug-likeness (QED) is 0.137. The lowest BCUT2D eigenvalue weighted by Crippen LogP contribution is -2.04. The first-order valence-corrected chi connectivity index (χ1v) is 27.3. The Kier molecular flexibility index (Phi) is 11.5. The predicted octanol–water partition coefficient (Wildman–Crippen LogP) is 20.0. The second kappa shape index (κ2) is 19.7. The maximum Gasteiger partial charge on any atom is 0.140 e. The average Bonchev–Trinajstić information content (AvgIpc) is 4.15. The Balaban J connectivity index is 0.965. The van der Waals surface area contributed by atoms with E-state index in [0.29, 0.717) is 0 Å².